The quantitative estimate of drug-likeness (QED) is 0.839. The van der Waals surface area contributed by atoms with Crippen molar-refractivity contribution in [2.75, 3.05) is 11.9 Å². The molecule has 0 bridgehead atoms. The molecule has 0 radical (unpaired) electrons. The number of carbonyl (C=O) groups is 1. The normalized spacial score (nSPS) is 17.3. The number of hydrogen-bond acceptors (Lipinski definition) is 4. The van der Waals surface area contributed by atoms with Crippen molar-refractivity contribution in [3.8, 4) is 10.4 Å². The summed E-state index contributed by atoms with van der Waals surface area (Å²) in [5, 5.41) is 9.76. The van der Waals surface area contributed by atoms with Crippen LogP contribution in [0.25, 0.3) is 10.4 Å². The van der Waals surface area contributed by atoms with Gasteiger partial charge in [-0.05, 0) is 29.8 Å². The molecule has 0 fully saturated rings. The van der Waals surface area contributed by atoms with E-state index in [1.54, 1.807) is 6.20 Å². The Morgan fingerprint density at radius 1 is 1.42 bits per heavy atom. The van der Waals surface area contributed by atoms with Crippen LogP contribution in [0.1, 0.15) is 23.5 Å². The summed E-state index contributed by atoms with van der Waals surface area (Å²) in [5.74, 6) is -0.0291. The molecule has 7 heteroatoms. The summed E-state index contributed by atoms with van der Waals surface area (Å²) in [6.45, 7) is 3.96. The largest absolute Gasteiger partial charge is 0.350 e. The van der Waals surface area contributed by atoms with E-state index in [0.717, 1.165) is 25.5 Å². The summed E-state index contributed by atoms with van der Waals surface area (Å²) in [4.78, 5) is 16.0. The van der Waals surface area contributed by atoms with Gasteiger partial charge in [-0.2, -0.15) is 5.10 Å². The molecule has 1 aliphatic heterocycles. The molecule has 0 atom stereocenters. The number of nitrogens with zero attached hydrogens (tertiary/aromatic N) is 2. The minimum atomic E-state index is -0.401. The average molecular weight is 341 g/mol. The Balaban J connectivity index is 2.21. The molecular formula is C12H13BrN4OS. The van der Waals surface area contributed by atoms with Gasteiger partial charge in [0.25, 0.3) is 5.91 Å². The Bertz CT molecular complexity index is 647. The zero-order valence-corrected chi connectivity index (χ0v) is 13.1. The van der Waals surface area contributed by atoms with Gasteiger partial charge in [0.05, 0.1) is 21.2 Å². The highest BCUT2D eigenvalue weighted by Gasteiger charge is 2.38. The molecule has 5 nitrogen and oxygen atoms in total. The molecule has 0 saturated carbocycles. The van der Waals surface area contributed by atoms with Crippen molar-refractivity contribution in [1.82, 2.24) is 15.5 Å². The molecule has 1 aliphatic rings. The van der Waals surface area contributed by atoms with Crippen LogP contribution < -0.4 is 10.2 Å². The van der Waals surface area contributed by atoms with Crippen molar-refractivity contribution in [2.45, 2.75) is 19.5 Å². The molecule has 1 amide bonds. The molecule has 19 heavy (non-hydrogen) atoms. The first kappa shape index (κ1) is 12.7. The standard InChI is InChI=1S/C12H13BrN4OS/c1-12(2)16-11(18)10-8(17(12)3)7(13)9(19-10)6-4-14-15-5-6/h4-5H,1-3H3,(H,14,15)(H,16,18). The maximum absolute atomic E-state index is 12.2. The third-order valence-electron chi connectivity index (χ3n) is 3.39. The number of halogens is 1. The molecule has 2 N–H and O–H groups in total. The second kappa shape index (κ2) is 4.08. The second-order valence-corrected chi connectivity index (χ2v) is 6.80. The highest BCUT2D eigenvalue weighted by atomic mass is 79.9. The summed E-state index contributed by atoms with van der Waals surface area (Å²) in [5.41, 5.74) is 1.52. The topological polar surface area (TPSA) is 61.0 Å². The fourth-order valence-corrected chi connectivity index (χ4v) is 4.28. The van der Waals surface area contributed by atoms with E-state index in [1.165, 1.54) is 11.3 Å². The summed E-state index contributed by atoms with van der Waals surface area (Å²) >= 11 is 5.10. The third kappa shape index (κ3) is 1.80. The molecule has 3 rings (SSSR count). The van der Waals surface area contributed by atoms with Crippen LogP contribution in [0.4, 0.5) is 5.69 Å². The number of amides is 1. The van der Waals surface area contributed by atoms with Crippen LogP contribution in [0.5, 0.6) is 0 Å². The maximum Gasteiger partial charge on any atom is 0.265 e. The van der Waals surface area contributed by atoms with Crippen LogP contribution in [0, 0.1) is 0 Å². The zero-order chi connectivity index (χ0) is 13.8. The minimum Gasteiger partial charge on any atom is -0.350 e. The van der Waals surface area contributed by atoms with E-state index in [-0.39, 0.29) is 5.91 Å². The Kier molecular flexibility index (Phi) is 2.72. The van der Waals surface area contributed by atoms with Crippen LogP contribution in [-0.4, -0.2) is 28.8 Å². The smallest absolute Gasteiger partial charge is 0.265 e. The molecule has 0 aromatic carbocycles. The highest BCUT2D eigenvalue weighted by molar-refractivity contribution is 9.10. The fourth-order valence-electron chi connectivity index (χ4n) is 2.11. The number of anilines is 1. The van der Waals surface area contributed by atoms with Gasteiger partial charge in [-0.1, -0.05) is 0 Å². The van der Waals surface area contributed by atoms with Crippen molar-refractivity contribution < 1.29 is 4.79 Å². The van der Waals surface area contributed by atoms with Gasteiger partial charge in [-0.25, -0.2) is 0 Å². The van der Waals surface area contributed by atoms with Gasteiger partial charge >= 0.3 is 0 Å². The van der Waals surface area contributed by atoms with Crippen LogP contribution in [0.15, 0.2) is 16.9 Å². The number of aromatic nitrogens is 2. The summed E-state index contributed by atoms with van der Waals surface area (Å²) in [7, 11) is 1.98. The fraction of sp³-hybridized carbons (Fsp3) is 0.333. The van der Waals surface area contributed by atoms with E-state index < -0.39 is 5.66 Å². The lowest BCUT2D eigenvalue weighted by molar-refractivity contribution is 0.0905. The maximum atomic E-state index is 12.2. The summed E-state index contributed by atoms with van der Waals surface area (Å²) in [6.07, 6.45) is 3.58. The Morgan fingerprint density at radius 2 is 2.16 bits per heavy atom. The van der Waals surface area contributed by atoms with E-state index in [1.807, 2.05) is 27.1 Å². The van der Waals surface area contributed by atoms with Gasteiger partial charge in [-0.3, -0.25) is 9.89 Å². The predicted octanol–water partition coefficient (Wildman–Crippen LogP) is 2.82. The molecule has 0 aliphatic carbocycles. The number of rotatable bonds is 1. The summed E-state index contributed by atoms with van der Waals surface area (Å²) in [6, 6.07) is 0. The molecule has 2 aromatic heterocycles. The van der Waals surface area contributed by atoms with E-state index in [4.69, 9.17) is 0 Å². The molecular weight excluding hydrogens is 328 g/mol. The number of nitrogens with one attached hydrogen (secondary N) is 2. The van der Waals surface area contributed by atoms with Crippen molar-refractivity contribution in [3.05, 3.63) is 21.7 Å². The van der Waals surface area contributed by atoms with Crippen LogP contribution >= 0.6 is 27.3 Å². The SMILES string of the molecule is CN1c2c(sc(-c3cn[nH]c3)c2Br)C(=O)NC1(C)C. The van der Waals surface area contributed by atoms with Crippen LogP contribution in [0.2, 0.25) is 0 Å². The molecule has 0 unspecified atom stereocenters. The number of fused-ring (bicyclic) bond motifs is 1. The molecule has 0 spiro atoms. The van der Waals surface area contributed by atoms with Crippen molar-refractivity contribution in [3.63, 3.8) is 0 Å². The van der Waals surface area contributed by atoms with E-state index >= 15 is 0 Å². The van der Waals surface area contributed by atoms with Crippen LogP contribution in [-0.2, 0) is 0 Å². The van der Waals surface area contributed by atoms with Crippen molar-refractivity contribution >= 4 is 38.9 Å². The number of H-pyrrole nitrogens is 1. The van der Waals surface area contributed by atoms with Gasteiger partial charge in [0.15, 0.2) is 0 Å². The molecule has 100 valence electrons. The Hall–Kier alpha value is -1.34. The lowest BCUT2D eigenvalue weighted by Crippen LogP contribution is -2.58. The first-order chi connectivity index (χ1) is 8.92. The van der Waals surface area contributed by atoms with E-state index in [0.29, 0.717) is 0 Å². The Morgan fingerprint density at radius 3 is 2.79 bits per heavy atom. The average Bonchev–Trinajstić information content (AvgIpc) is 2.93. The number of hydrogen-bond donors (Lipinski definition) is 2. The Labute approximate surface area is 123 Å². The highest BCUT2D eigenvalue weighted by Crippen LogP contribution is 2.48. The van der Waals surface area contributed by atoms with Gasteiger partial charge in [0.1, 0.15) is 10.5 Å². The number of carbonyl (C=O) groups excluding carboxylic acids is 1. The first-order valence-electron chi connectivity index (χ1n) is 5.79. The van der Waals surface area contributed by atoms with Crippen molar-refractivity contribution in [2.24, 2.45) is 0 Å². The number of thiophene rings is 1. The molecule has 3 heterocycles. The predicted molar refractivity (Wildman–Crippen MR) is 79.5 cm³/mol. The van der Waals surface area contributed by atoms with E-state index in [9.17, 15) is 4.79 Å². The monoisotopic (exact) mass is 340 g/mol. The number of aromatic amines is 1. The van der Waals surface area contributed by atoms with E-state index in [2.05, 4.69) is 36.3 Å². The third-order valence-corrected chi connectivity index (χ3v) is 5.65. The molecule has 0 saturated heterocycles. The van der Waals surface area contributed by atoms with Crippen LogP contribution in [0.3, 0.4) is 0 Å². The first-order valence-corrected chi connectivity index (χ1v) is 7.40. The minimum absolute atomic E-state index is 0.0291. The summed E-state index contributed by atoms with van der Waals surface area (Å²) < 4.78 is 0.944. The van der Waals surface area contributed by atoms with Gasteiger partial charge in [-0.15, -0.1) is 11.3 Å². The lowest BCUT2D eigenvalue weighted by atomic mass is 10.1. The van der Waals surface area contributed by atoms with Crippen molar-refractivity contribution in [1.29, 1.82) is 0 Å². The second-order valence-electron chi connectivity index (χ2n) is 4.98. The van der Waals surface area contributed by atoms with Gasteiger partial charge < -0.3 is 10.2 Å². The van der Waals surface area contributed by atoms with Gasteiger partial charge in [0, 0.05) is 18.8 Å². The zero-order valence-electron chi connectivity index (χ0n) is 10.7. The van der Waals surface area contributed by atoms with Gasteiger partial charge in [0.2, 0.25) is 0 Å². The molecule has 2 aromatic rings. The lowest BCUT2D eigenvalue weighted by Gasteiger charge is -2.41.